The number of aliphatic hydroxyl groups is 1. The maximum Gasteiger partial charge on any atom is 0.257 e. The van der Waals surface area contributed by atoms with Crippen LogP contribution in [0, 0.1) is 12.8 Å². The van der Waals surface area contributed by atoms with Crippen molar-refractivity contribution in [3.63, 3.8) is 0 Å². The van der Waals surface area contributed by atoms with Gasteiger partial charge in [0.05, 0.1) is 6.10 Å². The van der Waals surface area contributed by atoms with E-state index >= 15 is 0 Å². The predicted octanol–water partition coefficient (Wildman–Crippen LogP) is 2.67. The van der Waals surface area contributed by atoms with Crippen molar-refractivity contribution >= 4 is 5.91 Å². The molecule has 1 saturated carbocycles. The molecule has 1 aliphatic rings. The summed E-state index contributed by atoms with van der Waals surface area (Å²) in [5, 5.41) is 13.8. The lowest BCUT2D eigenvalue weighted by Crippen LogP contribution is -2.38. The van der Waals surface area contributed by atoms with E-state index in [-0.39, 0.29) is 17.9 Å². The van der Waals surface area contributed by atoms with Crippen LogP contribution in [0.1, 0.15) is 41.9 Å². The molecule has 0 saturated heterocycles. The van der Waals surface area contributed by atoms with Gasteiger partial charge in [0.2, 0.25) is 0 Å². The SMILES string of the molecule is Cc1noc(-c2ccc(C(=O)N(C)CC3CCCCC3O)cc2)n1. The largest absolute Gasteiger partial charge is 0.393 e. The molecule has 1 heterocycles. The molecular formula is C18H23N3O3. The number of hydrogen-bond donors (Lipinski definition) is 1. The molecule has 0 aliphatic heterocycles. The topological polar surface area (TPSA) is 79.5 Å². The molecule has 6 heteroatoms. The van der Waals surface area contributed by atoms with Crippen LogP contribution in [0.4, 0.5) is 0 Å². The van der Waals surface area contributed by atoms with Gasteiger partial charge in [-0.05, 0) is 44.0 Å². The molecule has 2 aromatic rings. The van der Waals surface area contributed by atoms with E-state index in [0.29, 0.717) is 23.8 Å². The number of amides is 1. The van der Waals surface area contributed by atoms with Gasteiger partial charge < -0.3 is 14.5 Å². The van der Waals surface area contributed by atoms with Crippen molar-refractivity contribution in [2.75, 3.05) is 13.6 Å². The first-order chi connectivity index (χ1) is 11.5. The van der Waals surface area contributed by atoms with E-state index in [1.807, 2.05) is 12.1 Å². The van der Waals surface area contributed by atoms with E-state index < -0.39 is 0 Å². The number of aliphatic hydroxyl groups excluding tert-OH is 1. The van der Waals surface area contributed by atoms with Crippen LogP contribution in [0.25, 0.3) is 11.5 Å². The molecule has 1 fully saturated rings. The number of carbonyl (C=O) groups excluding carboxylic acids is 1. The quantitative estimate of drug-likeness (QED) is 0.933. The molecule has 2 unspecified atom stereocenters. The van der Waals surface area contributed by atoms with Crippen LogP contribution in [0.15, 0.2) is 28.8 Å². The first kappa shape index (κ1) is 16.6. The minimum Gasteiger partial charge on any atom is -0.393 e. The third kappa shape index (κ3) is 3.64. The fourth-order valence-corrected chi connectivity index (χ4v) is 3.23. The van der Waals surface area contributed by atoms with Gasteiger partial charge in [0, 0.05) is 30.6 Å². The second-order valence-electron chi connectivity index (χ2n) is 6.52. The van der Waals surface area contributed by atoms with Crippen molar-refractivity contribution in [3.05, 3.63) is 35.7 Å². The summed E-state index contributed by atoms with van der Waals surface area (Å²) in [5.74, 6) is 1.16. The van der Waals surface area contributed by atoms with Crippen LogP contribution in [0.3, 0.4) is 0 Å². The summed E-state index contributed by atoms with van der Waals surface area (Å²) < 4.78 is 5.13. The van der Waals surface area contributed by atoms with Gasteiger partial charge in [-0.1, -0.05) is 18.0 Å². The second-order valence-corrected chi connectivity index (χ2v) is 6.52. The first-order valence-electron chi connectivity index (χ1n) is 8.39. The Morgan fingerprint density at radius 3 is 2.62 bits per heavy atom. The summed E-state index contributed by atoms with van der Waals surface area (Å²) in [6, 6.07) is 7.16. The Balaban J connectivity index is 1.65. The van der Waals surface area contributed by atoms with Crippen LogP contribution < -0.4 is 0 Å². The summed E-state index contributed by atoms with van der Waals surface area (Å²) in [6.45, 7) is 2.35. The monoisotopic (exact) mass is 329 g/mol. The molecular weight excluding hydrogens is 306 g/mol. The van der Waals surface area contributed by atoms with Crippen LogP contribution in [0.5, 0.6) is 0 Å². The molecule has 3 rings (SSSR count). The number of aromatic nitrogens is 2. The van der Waals surface area contributed by atoms with Gasteiger partial charge in [-0.15, -0.1) is 0 Å². The summed E-state index contributed by atoms with van der Waals surface area (Å²) >= 11 is 0. The van der Waals surface area contributed by atoms with Crippen molar-refractivity contribution in [2.24, 2.45) is 5.92 Å². The lowest BCUT2D eigenvalue weighted by Gasteiger charge is -2.31. The van der Waals surface area contributed by atoms with Gasteiger partial charge in [0.15, 0.2) is 5.82 Å². The zero-order valence-corrected chi connectivity index (χ0v) is 14.1. The van der Waals surface area contributed by atoms with Crippen molar-refractivity contribution in [1.29, 1.82) is 0 Å². The van der Waals surface area contributed by atoms with Crippen LogP contribution in [-0.4, -0.2) is 45.8 Å². The minimum atomic E-state index is -0.294. The highest BCUT2D eigenvalue weighted by molar-refractivity contribution is 5.94. The summed E-state index contributed by atoms with van der Waals surface area (Å²) in [6.07, 6.45) is 3.73. The Morgan fingerprint density at radius 2 is 2.00 bits per heavy atom. The van der Waals surface area contributed by atoms with Gasteiger partial charge in [0.25, 0.3) is 11.8 Å². The number of aryl methyl sites for hydroxylation is 1. The molecule has 2 atom stereocenters. The number of hydrogen-bond acceptors (Lipinski definition) is 5. The Bertz CT molecular complexity index is 696. The number of nitrogens with zero attached hydrogens (tertiary/aromatic N) is 3. The summed E-state index contributed by atoms with van der Waals surface area (Å²) in [4.78, 5) is 18.4. The highest BCUT2D eigenvalue weighted by Gasteiger charge is 2.26. The fraction of sp³-hybridized carbons (Fsp3) is 0.500. The van der Waals surface area contributed by atoms with Gasteiger partial charge in [-0.25, -0.2) is 0 Å². The lowest BCUT2D eigenvalue weighted by molar-refractivity contribution is 0.0451. The molecule has 0 bridgehead atoms. The standard InChI is InChI=1S/C18H23N3O3/c1-12-19-17(24-20-12)13-7-9-14(10-8-13)18(23)21(2)11-15-5-3-4-6-16(15)22/h7-10,15-16,22H,3-6,11H2,1-2H3. The fourth-order valence-electron chi connectivity index (χ4n) is 3.23. The van der Waals surface area contributed by atoms with E-state index in [4.69, 9.17) is 4.52 Å². The Kier molecular flexibility index (Phi) is 4.94. The van der Waals surface area contributed by atoms with Gasteiger partial charge in [0.1, 0.15) is 0 Å². The van der Waals surface area contributed by atoms with E-state index in [0.717, 1.165) is 31.2 Å². The third-order valence-corrected chi connectivity index (χ3v) is 4.63. The normalized spacial score (nSPS) is 20.8. The van der Waals surface area contributed by atoms with Crippen LogP contribution in [-0.2, 0) is 0 Å². The average molecular weight is 329 g/mol. The van der Waals surface area contributed by atoms with E-state index in [1.54, 1.807) is 31.0 Å². The molecule has 24 heavy (non-hydrogen) atoms. The summed E-state index contributed by atoms with van der Waals surface area (Å²) in [7, 11) is 1.79. The maximum absolute atomic E-state index is 12.6. The Labute approximate surface area is 141 Å². The molecule has 0 radical (unpaired) electrons. The summed E-state index contributed by atoms with van der Waals surface area (Å²) in [5.41, 5.74) is 1.40. The van der Waals surface area contributed by atoms with E-state index in [1.165, 1.54) is 0 Å². The van der Waals surface area contributed by atoms with E-state index in [9.17, 15) is 9.90 Å². The van der Waals surface area contributed by atoms with Crippen molar-refractivity contribution in [2.45, 2.75) is 38.7 Å². The Hall–Kier alpha value is -2.21. The zero-order valence-electron chi connectivity index (χ0n) is 14.1. The van der Waals surface area contributed by atoms with Gasteiger partial charge in [-0.2, -0.15) is 4.98 Å². The number of rotatable bonds is 4. The molecule has 1 aromatic heterocycles. The van der Waals surface area contributed by atoms with Crippen molar-refractivity contribution < 1.29 is 14.4 Å². The van der Waals surface area contributed by atoms with Crippen LogP contribution >= 0.6 is 0 Å². The minimum absolute atomic E-state index is 0.0407. The number of carbonyl (C=O) groups is 1. The first-order valence-corrected chi connectivity index (χ1v) is 8.39. The van der Waals surface area contributed by atoms with Crippen molar-refractivity contribution in [1.82, 2.24) is 15.0 Å². The maximum atomic E-state index is 12.6. The molecule has 0 spiro atoms. The molecule has 6 nitrogen and oxygen atoms in total. The van der Waals surface area contributed by atoms with Crippen molar-refractivity contribution in [3.8, 4) is 11.5 Å². The molecule has 1 aromatic carbocycles. The highest BCUT2D eigenvalue weighted by Crippen LogP contribution is 2.25. The highest BCUT2D eigenvalue weighted by atomic mass is 16.5. The van der Waals surface area contributed by atoms with E-state index in [2.05, 4.69) is 10.1 Å². The molecule has 1 amide bonds. The zero-order chi connectivity index (χ0) is 17.1. The second kappa shape index (κ2) is 7.13. The van der Waals surface area contributed by atoms with Crippen LogP contribution in [0.2, 0.25) is 0 Å². The molecule has 1 N–H and O–H groups in total. The third-order valence-electron chi connectivity index (χ3n) is 4.63. The lowest BCUT2D eigenvalue weighted by atomic mass is 9.86. The van der Waals surface area contributed by atoms with Gasteiger partial charge in [-0.3, -0.25) is 4.79 Å². The average Bonchev–Trinajstić information content (AvgIpc) is 3.03. The molecule has 1 aliphatic carbocycles. The molecule has 128 valence electrons. The smallest absolute Gasteiger partial charge is 0.257 e. The van der Waals surface area contributed by atoms with Gasteiger partial charge >= 0.3 is 0 Å². The number of benzene rings is 1. The predicted molar refractivity (Wildman–Crippen MR) is 89.4 cm³/mol. The Morgan fingerprint density at radius 1 is 1.29 bits per heavy atom.